The molecule has 0 aromatic carbocycles. The minimum atomic E-state index is 0.221. The van der Waals surface area contributed by atoms with E-state index in [1.165, 1.54) is 25.7 Å². The summed E-state index contributed by atoms with van der Waals surface area (Å²) in [6.07, 6.45) is 6.84. The summed E-state index contributed by atoms with van der Waals surface area (Å²) in [4.78, 5) is 7.16. The van der Waals surface area contributed by atoms with Gasteiger partial charge in [-0.2, -0.15) is 0 Å². The Morgan fingerprint density at radius 3 is 2.65 bits per heavy atom. The fourth-order valence-corrected chi connectivity index (χ4v) is 3.32. The van der Waals surface area contributed by atoms with Gasteiger partial charge in [-0.05, 0) is 45.5 Å². The lowest BCUT2D eigenvalue weighted by atomic mass is 9.96. The molecule has 3 N–H and O–H groups in total. The second kappa shape index (κ2) is 6.06. The third kappa shape index (κ3) is 2.94. The number of likely N-dealkylation sites (N-methyl/N-ethyl adjacent to an activating group) is 1. The van der Waals surface area contributed by atoms with E-state index in [0.29, 0.717) is 4.99 Å². The van der Waals surface area contributed by atoms with Crippen LogP contribution < -0.4 is 11.1 Å². The topological polar surface area (TPSA) is 54.2 Å². The Labute approximate surface area is 126 Å². The van der Waals surface area contributed by atoms with Gasteiger partial charge in [0.25, 0.3) is 0 Å². The van der Waals surface area contributed by atoms with E-state index < -0.39 is 0 Å². The maximum atomic E-state index is 5.83. The number of pyridine rings is 1. The number of rotatable bonds is 5. The van der Waals surface area contributed by atoms with Gasteiger partial charge in [0.15, 0.2) is 0 Å². The number of thiocarbonyl (C=S) groups is 1. The summed E-state index contributed by atoms with van der Waals surface area (Å²) in [6.45, 7) is 2.89. The summed E-state index contributed by atoms with van der Waals surface area (Å²) in [7, 11) is 4.32. The number of hydrogen-bond donors (Lipinski definition) is 2. The molecule has 0 radical (unpaired) electrons. The Kier molecular flexibility index (Phi) is 4.60. The van der Waals surface area contributed by atoms with Crippen LogP contribution >= 0.6 is 12.2 Å². The molecule has 1 saturated carbocycles. The minimum absolute atomic E-state index is 0.221. The molecule has 0 bridgehead atoms. The monoisotopic (exact) mass is 292 g/mol. The first-order valence-electron chi connectivity index (χ1n) is 7.13. The van der Waals surface area contributed by atoms with Crippen molar-refractivity contribution in [1.29, 1.82) is 0 Å². The number of nitrogens with one attached hydrogen (secondary N) is 1. The van der Waals surface area contributed by atoms with Crippen LogP contribution in [0.5, 0.6) is 0 Å². The van der Waals surface area contributed by atoms with Crippen molar-refractivity contribution in [2.75, 3.05) is 26.0 Å². The lowest BCUT2D eigenvalue weighted by Gasteiger charge is -2.36. The minimum Gasteiger partial charge on any atom is -0.389 e. The smallest absolute Gasteiger partial charge is 0.136 e. The number of hydrogen-bond acceptors (Lipinski definition) is 4. The van der Waals surface area contributed by atoms with E-state index in [9.17, 15) is 0 Å². The fraction of sp³-hybridized carbons (Fsp3) is 0.600. The Bertz CT molecular complexity index is 493. The Hall–Kier alpha value is -1.20. The molecule has 0 aliphatic heterocycles. The van der Waals surface area contributed by atoms with Gasteiger partial charge in [-0.15, -0.1) is 0 Å². The zero-order valence-electron chi connectivity index (χ0n) is 12.6. The van der Waals surface area contributed by atoms with E-state index >= 15 is 0 Å². The largest absolute Gasteiger partial charge is 0.389 e. The van der Waals surface area contributed by atoms with Crippen LogP contribution in [0.2, 0.25) is 0 Å². The second-order valence-corrected chi connectivity index (χ2v) is 6.33. The van der Waals surface area contributed by atoms with Crippen molar-refractivity contribution in [3.05, 3.63) is 23.4 Å². The van der Waals surface area contributed by atoms with Crippen LogP contribution in [0.3, 0.4) is 0 Å². The first kappa shape index (κ1) is 15.2. The van der Waals surface area contributed by atoms with Gasteiger partial charge >= 0.3 is 0 Å². The summed E-state index contributed by atoms with van der Waals surface area (Å²) >= 11 is 5.15. The molecule has 1 aliphatic carbocycles. The van der Waals surface area contributed by atoms with Crippen molar-refractivity contribution in [3.8, 4) is 0 Å². The highest BCUT2D eigenvalue weighted by Gasteiger charge is 2.35. The lowest BCUT2D eigenvalue weighted by Crippen LogP contribution is -2.47. The molecule has 0 amide bonds. The predicted molar refractivity (Wildman–Crippen MR) is 88.2 cm³/mol. The molecule has 4 nitrogen and oxygen atoms in total. The van der Waals surface area contributed by atoms with E-state index in [0.717, 1.165) is 23.5 Å². The molecule has 5 heteroatoms. The molecule has 2 rings (SSSR count). The fourth-order valence-electron chi connectivity index (χ4n) is 3.07. The maximum Gasteiger partial charge on any atom is 0.136 e. The molecule has 110 valence electrons. The van der Waals surface area contributed by atoms with Crippen LogP contribution in [0.25, 0.3) is 0 Å². The van der Waals surface area contributed by atoms with Gasteiger partial charge in [-0.1, -0.05) is 25.1 Å². The van der Waals surface area contributed by atoms with Crippen molar-refractivity contribution < 1.29 is 0 Å². The van der Waals surface area contributed by atoms with Crippen molar-refractivity contribution in [2.45, 2.75) is 38.1 Å². The first-order valence-corrected chi connectivity index (χ1v) is 7.54. The third-order valence-electron chi connectivity index (χ3n) is 4.47. The Balaban J connectivity index is 2.19. The van der Waals surface area contributed by atoms with Crippen LogP contribution in [-0.4, -0.2) is 41.1 Å². The highest BCUT2D eigenvalue weighted by atomic mass is 32.1. The van der Waals surface area contributed by atoms with Crippen LogP contribution in [-0.2, 0) is 0 Å². The second-order valence-electron chi connectivity index (χ2n) is 5.90. The van der Waals surface area contributed by atoms with Gasteiger partial charge in [0.1, 0.15) is 10.8 Å². The van der Waals surface area contributed by atoms with Crippen molar-refractivity contribution in [3.63, 3.8) is 0 Å². The van der Waals surface area contributed by atoms with Crippen LogP contribution in [0.4, 0.5) is 5.82 Å². The van der Waals surface area contributed by atoms with E-state index in [-0.39, 0.29) is 5.54 Å². The van der Waals surface area contributed by atoms with Gasteiger partial charge in [-0.3, -0.25) is 0 Å². The van der Waals surface area contributed by atoms with Gasteiger partial charge in [-0.25, -0.2) is 4.98 Å². The molecular formula is C15H24N4S. The van der Waals surface area contributed by atoms with Gasteiger partial charge in [0.05, 0.1) is 5.56 Å². The van der Waals surface area contributed by atoms with Gasteiger partial charge < -0.3 is 16.0 Å². The highest BCUT2D eigenvalue weighted by Crippen LogP contribution is 2.34. The average molecular weight is 292 g/mol. The first-order chi connectivity index (χ1) is 9.46. The zero-order chi connectivity index (χ0) is 14.8. The average Bonchev–Trinajstić information content (AvgIpc) is 2.86. The van der Waals surface area contributed by atoms with Gasteiger partial charge in [0, 0.05) is 18.3 Å². The summed E-state index contributed by atoms with van der Waals surface area (Å²) in [5.41, 5.74) is 7.99. The number of nitrogens with zero attached hydrogens (tertiary/aromatic N) is 2. The molecule has 1 heterocycles. The summed E-state index contributed by atoms with van der Waals surface area (Å²) in [5.74, 6) is 0.811. The summed E-state index contributed by atoms with van der Waals surface area (Å²) in [5, 5.41) is 3.48. The number of aromatic nitrogens is 1. The molecule has 1 fully saturated rings. The third-order valence-corrected chi connectivity index (χ3v) is 4.68. The standard InChI is InChI=1S/C15H24N4S/c1-11-6-9-17-14(12(11)13(16)20)18-10-15(19(2)3)7-4-5-8-15/h6,9H,4-5,7-8,10H2,1-3H3,(H2,16,20)(H,17,18). The normalized spacial score (nSPS) is 17.4. The molecular weight excluding hydrogens is 268 g/mol. The summed E-state index contributed by atoms with van der Waals surface area (Å²) < 4.78 is 0. The molecule has 1 aromatic heterocycles. The summed E-state index contributed by atoms with van der Waals surface area (Å²) in [6, 6.07) is 1.94. The van der Waals surface area contributed by atoms with E-state index in [1.807, 2.05) is 13.0 Å². The van der Waals surface area contributed by atoms with E-state index in [2.05, 4.69) is 29.3 Å². The van der Waals surface area contributed by atoms with E-state index in [4.69, 9.17) is 18.0 Å². The SMILES string of the molecule is Cc1ccnc(NCC2(N(C)C)CCCC2)c1C(N)=S. The highest BCUT2D eigenvalue weighted by molar-refractivity contribution is 7.80. The molecule has 20 heavy (non-hydrogen) atoms. The van der Waals surface area contributed by atoms with Gasteiger partial charge in [0.2, 0.25) is 0 Å². The number of anilines is 1. The molecule has 0 unspecified atom stereocenters. The number of aryl methyl sites for hydroxylation is 1. The molecule has 1 aromatic rings. The molecule has 0 spiro atoms. The van der Waals surface area contributed by atoms with Crippen LogP contribution in [0, 0.1) is 6.92 Å². The van der Waals surface area contributed by atoms with Crippen LogP contribution in [0.1, 0.15) is 36.8 Å². The lowest BCUT2D eigenvalue weighted by molar-refractivity contribution is 0.172. The zero-order valence-corrected chi connectivity index (χ0v) is 13.4. The molecule has 0 atom stereocenters. The Morgan fingerprint density at radius 1 is 1.45 bits per heavy atom. The maximum absolute atomic E-state index is 5.83. The van der Waals surface area contributed by atoms with Crippen molar-refractivity contribution in [1.82, 2.24) is 9.88 Å². The van der Waals surface area contributed by atoms with Crippen molar-refractivity contribution >= 4 is 23.0 Å². The Morgan fingerprint density at radius 2 is 2.10 bits per heavy atom. The molecule has 0 saturated heterocycles. The predicted octanol–water partition coefficient (Wildman–Crippen LogP) is 2.31. The number of nitrogens with two attached hydrogens (primary N) is 1. The van der Waals surface area contributed by atoms with Crippen LogP contribution in [0.15, 0.2) is 12.3 Å². The van der Waals surface area contributed by atoms with Crippen molar-refractivity contribution in [2.24, 2.45) is 5.73 Å². The molecule has 1 aliphatic rings. The quantitative estimate of drug-likeness (QED) is 0.816. The van der Waals surface area contributed by atoms with E-state index in [1.54, 1.807) is 6.20 Å².